The second kappa shape index (κ2) is 30.1. The molecular formula is C82H72. The normalized spacial score (nSPS) is 14.2. The molecule has 18 rings (SSSR count). The van der Waals surface area contributed by atoms with E-state index < -0.39 is 0 Å². The van der Waals surface area contributed by atoms with E-state index in [2.05, 4.69) is 303 Å². The second-order valence-electron chi connectivity index (χ2n) is 20.8. The average molecular weight is 1060 g/mol. The van der Waals surface area contributed by atoms with Crippen LogP contribution in [0.15, 0.2) is 338 Å². The number of benzene rings is 10. The van der Waals surface area contributed by atoms with Gasteiger partial charge in [-0.05, 0) is 151 Å². The summed E-state index contributed by atoms with van der Waals surface area (Å²) in [6.07, 6.45) is 44.1. The maximum Gasteiger partial charge on any atom is -0.00168 e. The van der Waals surface area contributed by atoms with Crippen LogP contribution in [0.1, 0.15) is 70.2 Å². The Bertz CT molecular complexity index is 3710. The lowest BCUT2D eigenvalue weighted by molar-refractivity contribution is 1.15. The van der Waals surface area contributed by atoms with Crippen LogP contribution in [0.4, 0.5) is 0 Å². The van der Waals surface area contributed by atoms with Crippen LogP contribution in [0.2, 0.25) is 0 Å². The summed E-state index contributed by atoms with van der Waals surface area (Å²) in [5, 5.41) is 7.93. The van der Waals surface area contributed by atoms with Crippen LogP contribution in [0.5, 0.6) is 0 Å². The molecule has 0 N–H and O–H groups in total. The zero-order valence-electron chi connectivity index (χ0n) is 47.0. The van der Waals surface area contributed by atoms with Gasteiger partial charge < -0.3 is 0 Å². The smallest absolute Gasteiger partial charge is 0.00168 e. The van der Waals surface area contributed by atoms with Crippen LogP contribution in [-0.4, -0.2) is 0 Å². The molecule has 400 valence electrons. The molecule has 0 heterocycles. The van der Waals surface area contributed by atoms with Crippen molar-refractivity contribution in [2.24, 2.45) is 0 Å². The van der Waals surface area contributed by atoms with Gasteiger partial charge in [-0.15, -0.1) is 0 Å². The molecule has 0 saturated carbocycles. The maximum atomic E-state index is 2.30. The molecule has 0 radical (unpaired) electrons. The van der Waals surface area contributed by atoms with E-state index in [1.54, 1.807) is 11.1 Å². The Morgan fingerprint density at radius 1 is 0.244 bits per heavy atom. The number of rotatable bonds is 0. The molecule has 8 aliphatic rings. The summed E-state index contributed by atoms with van der Waals surface area (Å²) in [6, 6.07) is 84.3. The van der Waals surface area contributed by atoms with Gasteiger partial charge in [-0.1, -0.05) is 339 Å². The van der Waals surface area contributed by atoms with E-state index in [9.17, 15) is 0 Å². The minimum Gasteiger partial charge on any atom is -0.0808 e. The average Bonchev–Trinajstić information content (AvgIpc) is 4.57. The highest BCUT2D eigenvalue weighted by molar-refractivity contribution is 5.87. The van der Waals surface area contributed by atoms with Gasteiger partial charge in [0.25, 0.3) is 0 Å². The maximum absolute atomic E-state index is 2.30. The lowest BCUT2D eigenvalue weighted by atomic mass is 10.0. The fraction of sp³-hybridized carbons (Fsp3) is 0.0976. The van der Waals surface area contributed by atoms with Crippen LogP contribution >= 0.6 is 0 Å². The van der Waals surface area contributed by atoms with Gasteiger partial charge in [-0.2, -0.15) is 0 Å². The summed E-state index contributed by atoms with van der Waals surface area (Å²) in [6.45, 7) is 0. The van der Waals surface area contributed by atoms with Gasteiger partial charge in [0.15, 0.2) is 0 Å². The molecule has 82 heavy (non-hydrogen) atoms. The standard InChI is InChI=1S/C13H10.C12H10.2C10H8.2C9H8.C8H8.C6H6.C5H6/c1-2-5-11-9-13-7-3-6-12(13)8-10(11)4-1;1-2-6-11-9(4-1)8-10-5-3-7-12(10)11;2*1-2-6-10-8-4-3-7-9(10)5-1;2*1-2-5-9-7-3-6-8(9)4-1;1-3-7-5-2-6-8(7)4-1;1-2-4-6-5-3-1;1-2-4-5-3-1/h1-6,8-9H,7H2;1-6H,7-8H2;2*1-8H;2*1-6H,7H2;1-3,5H,4,6H2;1-6H;1-4H,5H2. The van der Waals surface area contributed by atoms with E-state index in [0.29, 0.717) is 0 Å². The third kappa shape index (κ3) is 16.0. The largest absolute Gasteiger partial charge is 0.0808 e. The molecule has 8 aliphatic carbocycles. The summed E-state index contributed by atoms with van der Waals surface area (Å²) in [7, 11) is 0. The van der Waals surface area contributed by atoms with Gasteiger partial charge >= 0.3 is 0 Å². The second-order valence-corrected chi connectivity index (χ2v) is 20.8. The first-order valence-electron chi connectivity index (χ1n) is 29.1. The Balaban J connectivity index is 0.000000104. The van der Waals surface area contributed by atoms with Crippen LogP contribution in [0.3, 0.4) is 0 Å². The van der Waals surface area contributed by atoms with Crippen molar-refractivity contribution in [2.75, 3.05) is 0 Å². The molecule has 0 spiro atoms. The molecule has 0 aliphatic heterocycles. The number of hydrogen-bond acceptors (Lipinski definition) is 0. The summed E-state index contributed by atoms with van der Waals surface area (Å²) < 4.78 is 0. The van der Waals surface area contributed by atoms with Crippen molar-refractivity contribution in [1.29, 1.82) is 0 Å². The predicted octanol–water partition coefficient (Wildman–Crippen LogP) is 21.9. The minimum absolute atomic E-state index is 1.10. The summed E-state index contributed by atoms with van der Waals surface area (Å²) >= 11 is 0. The quantitative estimate of drug-likeness (QED) is 0.142. The Morgan fingerprint density at radius 3 is 1.07 bits per heavy atom. The number of hydrogen-bond donors (Lipinski definition) is 0. The van der Waals surface area contributed by atoms with Gasteiger partial charge in [0.2, 0.25) is 0 Å². The van der Waals surface area contributed by atoms with Crippen molar-refractivity contribution in [3.05, 3.63) is 383 Å². The molecule has 0 nitrogen and oxygen atoms in total. The number of allylic oxidation sites excluding steroid dienone is 17. The van der Waals surface area contributed by atoms with Crippen molar-refractivity contribution in [2.45, 2.75) is 51.4 Å². The lowest BCUT2D eigenvalue weighted by Crippen LogP contribution is -1.82. The first-order chi connectivity index (χ1) is 40.7. The SMILES string of the molecule is C1=CC2=C(C1)CC=C2.C1=CC2=C(C1)c1ccccc1C2.C1=CCC=C1.C1=Cc2cc3ccccc3cc2C1.C1=Cc2ccccc2C1.C1=Cc2ccccc2C1.c1ccc2ccccc2c1.c1ccc2ccccc2c1.c1ccccc1. The monoisotopic (exact) mass is 1060 g/mol. The zero-order chi connectivity index (χ0) is 55.6. The van der Waals surface area contributed by atoms with Gasteiger partial charge in [-0.25, -0.2) is 0 Å². The molecular weight excluding hydrogens is 985 g/mol. The van der Waals surface area contributed by atoms with Crippen LogP contribution in [0, 0.1) is 0 Å². The topological polar surface area (TPSA) is 0 Å². The van der Waals surface area contributed by atoms with Crippen LogP contribution < -0.4 is 0 Å². The van der Waals surface area contributed by atoms with E-state index in [0.717, 1.165) is 38.5 Å². The molecule has 0 atom stereocenters. The van der Waals surface area contributed by atoms with Crippen molar-refractivity contribution in [1.82, 2.24) is 0 Å². The van der Waals surface area contributed by atoms with Crippen molar-refractivity contribution in [3.8, 4) is 0 Å². The van der Waals surface area contributed by atoms with E-state index in [1.165, 1.54) is 101 Å². The third-order valence-electron chi connectivity index (χ3n) is 15.1. The van der Waals surface area contributed by atoms with Crippen molar-refractivity contribution < 1.29 is 0 Å². The first kappa shape index (κ1) is 55.7. The first-order valence-corrected chi connectivity index (χ1v) is 29.1. The van der Waals surface area contributed by atoms with E-state index in [4.69, 9.17) is 0 Å². The Hall–Kier alpha value is -9.62. The molecule has 0 saturated heterocycles. The van der Waals surface area contributed by atoms with E-state index in [1.807, 2.05) is 36.4 Å². The molecule has 0 amide bonds. The van der Waals surface area contributed by atoms with E-state index >= 15 is 0 Å². The summed E-state index contributed by atoms with van der Waals surface area (Å²) in [5.74, 6) is 0. The highest BCUT2D eigenvalue weighted by Gasteiger charge is 2.21. The fourth-order valence-corrected chi connectivity index (χ4v) is 10.8. The molecule has 0 heteroatoms. The molecule has 10 aromatic carbocycles. The summed E-state index contributed by atoms with van der Waals surface area (Å²) in [5.41, 5.74) is 17.7. The molecule has 0 aromatic heterocycles. The predicted molar refractivity (Wildman–Crippen MR) is 358 cm³/mol. The highest BCUT2D eigenvalue weighted by atomic mass is 14.2. The fourth-order valence-electron chi connectivity index (χ4n) is 10.8. The highest BCUT2D eigenvalue weighted by Crippen LogP contribution is 2.39. The van der Waals surface area contributed by atoms with Crippen LogP contribution in [-0.2, 0) is 25.7 Å². The minimum atomic E-state index is 1.10. The molecule has 10 aromatic rings. The van der Waals surface area contributed by atoms with Crippen LogP contribution in [0.25, 0.3) is 56.1 Å². The number of fused-ring (bicyclic) bond motifs is 8. The Kier molecular flexibility index (Phi) is 20.4. The van der Waals surface area contributed by atoms with Gasteiger partial charge in [-0.3, -0.25) is 0 Å². The summed E-state index contributed by atoms with van der Waals surface area (Å²) in [4.78, 5) is 0. The van der Waals surface area contributed by atoms with Gasteiger partial charge in [0.05, 0.1) is 0 Å². The zero-order valence-corrected chi connectivity index (χ0v) is 47.0. The third-order valence-corrected chi connectivity index (χ3v) is 15.1. The van der Waals surface area contributed by atoms with Gasteiger partial charge in [0, 0.05) is 0 Å². The molecule has 0 bridgehead atoms. The Labute approximate surface area is 487 Å². The lowest BCUT2D eigenvalue weighted by Gasteiger charge is -2.02. The molecule has 0 fully saturated rings. The van der Waals surface area contributed by atoms with Crippen molar-refractivity contribution >= 4 is 56.1 Å². The molecule has 0 unspecified atom stereocenters. The van der Waals surface area contributed by atoms with E-state index in [-0.39, 0.29) is 0 Å². The van der Waals surface area contributed by atoms with Gasteiger partial charge in [0.1, 0.15) is 0 Å². The van der Waals surface area contributed by atoms with Crippen molar-refractivity contribution in [3.63, 3.8) is 0 Å². The Morgan fingerprint density at radius 2 is 0.622 bits per heavy atom.